The molecule has 1 atom stereocenters. The minimum Gasteiger partial charge on any atom is -0.329 e. The fourth-order valence-corrected chi connectivity index (χ4v) is 4.16. The summed E-state index contributed by atoms with van der Waals surface area (Å²) in [6, 6.07) is 5.29. The van der Waals surface area contributed by atoms with Crippen molar-refractivity contribution in [1.29, 1.82) is 0 Å². The van der Waals surface area contributed by atoms with E-state index in [1.807, 2.05) is 6.07 Å². The Balaban J connectivity index is 1.39. The number of likely N-dealkylation sites (tertiary alicyclic amines) is 1. The molecule has 0 saturated carbocycles. The molecule has 0 spiro atoms. The van der Waals surface area contributed by atoms with Gasteiger partial charge in [0.25, 0.3) is 5.92 Å². The molecule has 8 nitrogen and oxygen atoms in total. The molecule has 0 bridgehead atoms. The zero-order valence-corrected chi connectivity index (χ0v) is 17.9. The zero-order valence-electron chi connectivity index (χ0n) is 17.9. The summed E-state index contributed by atoms with van der Waals surface area (Å²) in [5, 5.41) is 9.66. The number of aromatic amines is 1. The number of hydrogen-bond donors (Lipinski definition) is 2. The van der Waals surface area contributed by atoms with E-state index in [1.165, 1.54) is 4.90 Å². The minimum atomic E-state index is -4.52. The van der Waals surface area contributed by atoms with Gasteiger partial charge in [0, 0.05) is 43.2 Å². The summed E-state index contributed by atoms with van der Waals surface area (Å²) in [6.07, 6.45) is -0.995. The van der Waals surface area contributed by atoms with Gasteiger partial charge < -0.3 is 10.2 Å². The van der Waals surface area contributed by atoms with Crippen molar-refractivity contribution in [2.24, 2.45) is 0 Å². The number of H-pyrrole nitrogens is 1. The number of anilines is 3. The largest absolute Gasteiger partial charge is 0.416 e. The first kappa shape index (κ1) is 22.4. The first-order valence-electron chi connectivity index (χ1n) is 10.7. The number of nitrogens with zero attached hydrogens (tertiary/aromatic N) is 6. The quantitative estimate of drug-likeness (QED) is 0.519. The zero-order chi connectivity index (χ0) is 23.9. The molecule has 2 N–H and O–H groups in total. The van der Waals surface area contributed by atoms with Crippen molar-refractivity contribution >= 4 is 17.6 Å². The van der Waals surface area contributed by atoms with Crippen molar-refractivity contribution in [3.63, 3.8) is 0 Å². The molecule has 0 aromatic carbocycles. The predicted octanol–water partition coefficient (Wildman–Crippen LogP) is 3.80. The molecule has 2 fully saturated rings. The topological polar surface area (TPSA) is 85.9 Å². The second-order valence-corrected chi connectivity index (χ2v) is 8.55. The van der Waals surface area contributed by atoms with E-state index in [1.54, 1.807) is 12.3 Å². The average Bonchev–Trinajstić information content (AvgIpc) is 3.44. The fraction of sp³-hybridized carbons (Fsp3) is 0.429. The van der Waals surface area contributed by atoms with Gasteiger partial charge in [-0.3, -0.25) is 10.00 Å². The molecule has 3 aromatic rings. The SMILES string of the molecule is FC1(F)CN(c2nc(Nc3cc(C(F)(F)F)ccn3)cc(C3CCN(Cc4ccn[nH]4)C3)n2)C1. The minimum absolute atomic E-state index is 0.0153. The summed E-state index contributed by atoms with van der Waals surface area (Å²) in [5.41, 5.74) is 0.763. The molecule has 0 radical (unpaired) electrons. The molecule has 1 unspecified atom stereocenters. The van der Waals surface area contributed by atoms with Crippen LogP contribution < -0.4 is 10.2 Å². The van der Waals surface area contributed by atoms with Crippen molar-refractivity contribution in [3.05, 3.63) is 53.6 Å². The molecular weight excluding hydrogens is 459 g/mol. The Morgan fingerprint density at radius 3 is 2.62 bits per heavy atom. The summed E-state index contributed by atoms with van der Waals surface area (Å²) in [4.78, 5) is 16.3. The van der Waals surface area contributed by atoms with Crippen LogP contribution in [0.2, 0.25) is 0 Å². The molecule has 2 saturated heterocycles. The van der Waals surface area contributed by atoms with Gasteiger partial charge in [0.2, 0.25) is 5.95 Å². The Bertz CT molecular complexity index is 1140. The summed E-state index contributed by atoms with van der Waals surface area (Å²) in [7, 11) is 0. The lowest BCUT2D eigenvalue weighted by Crippen LogP contribution is -2.57. The molecule has 0 amide bonds. The molecule has 3 aromatic heterocycles. The van der Waals surface area contributed by atoms with Crippen LogP contribution in [-0.2, 0) is 12.7 Å². The summed E-state index contributed by atoms with van der Waals surface area (Å²) in [6.45, 7) is 1.17. The van der Waals surface area contributed by atoms with E-state index < -0.39 is 30.8 Å². The predicted molar refractivity (Wildman–Crippen MR) is 113 cm³/mol. The first-order chi connectivity index (χ1) is 16.1. The molecule has 2 aliphatic rings. The number of hydrogen-bond acceptors (Lipinski definition) is 7. The van der Waals surface area contributed by atoms with Crippen LogP contribution in [0.25, 0.3) is 0 Å². The van der Waals surface area contributed by atoms with Gasteiger partial charge >= 0.3 is 6.18 Å². The fourth-order valence-electron chi connectivity index (χ4n) is 4.16. The number of aromatic nitrogens is 5. The lowest BCUT2D eigenvalue weighted by atomic mass is 10.0. The van der Waals surface area contributed by atoms with Crippen LogP contribution in [0.4, 0.5) is 39.5 Å². The molecule has 0 aliphatic carbocycles. The van der Waals surface area contributed by atoms with Gasteiger partial charge in [-0.25, -0.2) is 18.7 Å². The van der Waals surface area contributed by atoms with Gasteiger partial charge in [-0.15, -0.1) is 0 Å². The number of pyridine rings is 1. The van der Waals surface area contributed by atoms with Crippen LogP contribution >= 0.6 is 0 Å². The summed E-state index contributed by atoms with van der Waals surface area (Å²) in [5.74, 6) is -2.53. The van der Waals surface area contributed by atoms with E-state index in [2.05, 4.69) is 35.4 Å². The average molecular weight is 480 g/mol. The number of nitrogens with one attached hydrogen (secondary N) is 2. The summed E-state index contributed by atoms with van der Waals surface area (Å²) >= 11 is 0. The second-order valence-electron chi connectivity index (χ2n) is 8.55. The number of rotatable bonds is 6. The third-order valence-electron chi connectivity index (χ3n) is 5.85. The second kappa shape index (κ2) is 8.46. The Hall–Kier alpha value is -3.35. The molecule has 34 heavy (non-hydrogen) atoms. The van der Waals surface area contributed by atoms with E-state index in [4.69, 9.17) is 0 Å². The molecule has 13 heteroatoms. The normalized spacial score (nSPS) is 20.4. The number of halogens is 5. The van der Waals surface area contributed by atoms with Crippen molar-refractivity contribution in [2.45, 2.75) is 31.0 Å². The van der Waals surface area contributed by atoms with Crippen LogP contribution in [0.5, 0.6) is 0 Å². The van der Waals surface area contributed by atoms with Crippen molar-refractivity contribution < 1.29 is 22.0 Å². The van der Waals surface area contributed by atoms with Crippen LogP contribution in [0.3, 0.4) is 0 Å². The van der Waals surface area contributed by atoms with Gasteiger partial charge in [-0.2, -0.15) is 23.3 Å². The highest BCUT2D eigenvalue weighted by atomic mass is 19.4. The van der Waals surface area contributed by atoms with Crippen LogP contribution in [0, 0.1) is 0 Å². The van der Waals surface area contributed by atoms with E-state index in [-0.39, 0.29) is 23.5 Å². The highest BCUT2D eigenvalue weighted by Gasteiger charge is 2.45. The highest BCUT2D eigenvalue weighted by molar-refractivity contribution is 5.56. The van der Waals surface area contributed by atoms with Gasteiger partial charge in [0.05, 0.1) is 24.3 Å². The molecular formula is C21H21F5N8. The third kappa shape index (κ3) is 4.93. The number of alkyl halides is 5. The van der Waals surface area contributed by atoms with Gasteiger partial charge in [-0.05, 0) is 31.2 Å². The van der Waals surface area contributed by atoms with E-state index in [9.17, 15) is 22.0 Å². The lowest BCUT2D eigenvalue weighted by Gasteiger charge is -2.38. The smallest absolute Gasteiger partial charge is 0.329 e. The van der Waals surface area contributed by atoms with Gasteiger partial charge in [0.15, 0.2) is 0 Å². The Labute approximate surface area is 191 Å². The van der Waals surface area contributed by atoms with Crippen LogP contribution in [-0.4, -0.2) is 62.2 Å². The van der Waals surface area contributed by atoms with Crippen molar-refractivity contribution in [1.82, 2.24) is 30.0 Å². The summed E-state index contributed by atoms with van der Waals surface area (Å²) < 4.78 is 66.2. The van der Waals surface area contributed by atoms with E-state index in [0.29, 0.717) is 18.8 Å². The van der Waals surface area contributed by atoms with Crippen LogP contribution in [0.1, 0.15) is 29.3 Å². The van der Waals surface area contributed by atoms with Gasteiger partial charge in [0.1, 0.15) is 11.6 Å². The van der Waals surface area contributed by atoms with E-state index in [0.717, 1.165) is 37.0 Å². The maximum Gasteiger partial charge on any atom is 0.416 e. The highest BCUT2D eigenvalue weighted by Crippen LogP contribution is 2.35. The van der Waals surface area contributed by atoms with Crippen LogP contribution in [0.15, 0.2) is 36.7 Å². The Kier molecular flexibility index (Phi) is 5.58. The van der Waals surface area contributed by atoms with E-state index >= 15 is 0 Å². The Morgan fingerprint density at radius 1 is 1.09 bits per heavy atom. The maximum absolute atomic E-state index is 13.5. The monoisotopic (exact) mass is 480 g/mol. The standard InChI is InChI=1S/C21H21F5N8/c22-20(23)11-34(12-20)19-29-16(13-3-6-33(9-13)10-15-2-5-28-32-15)8-18(31-19)30-17-7-14(1-4-27-17)21(24,25)26/h1-2,4-5,7-8,13H,3,6,9-12H2,(H,28,32)(H,27,29,30,31). The Morgan fingerprint density at radius 2 is 1.91 bits per heavy atom. The third-order valence-corrected chi connectivity index (χ3v) is 5.85. The molecule has 180 valence electrons. The lowest BCUT2D eigenvalue weighted by molar-refractivity contribution is -0.137. The molecule has 5 heterocycles. The van der Waals surface area contributed by atoms with Crippen molar-refractivity contribution in [2.75, 3.05) is 36.4 Å². The maximum atomic E-state index is 13.5. The first-order valence-corrected chi connectivity index (χ1v) is 10.7. The molecule has 5 rings (SSSR count). The molecule has 2 aliphatic heterocycles. The van der Waals surface area contributed by atoms with Crippen molar-refractivity contribution in [3.8, 4) is 0 Å². The van der Waals surface area contributed by atoms with Gasteiger partial charge in [-0.1, -0.05) is 0 Å².